The van der Waals surface area contributed by atoms with Crippen LogP contribution in [-0.4, -0.2) is 15.0 Å². The van der Waals surface area contributed by atoms with E-state index in [-0.39, 0.29) is 0 Å². The predicted octanol–water partition coefficient (Wildman–Crippen LogP) is 16.7. The molecule has 0 fully saturated rings. The number of rotatable bonds is 8. The summed E-state index contributed by atoms with van der Waals surface area (Å²) in [5, 5.41) is 5.07. The Morgan fingerprint density at radius 1 is 0.215 bits per heavy atom. The third-order valence-electron chi connectivity index (χ3n) is 12.4. The Hall–Kier alpha value is -8.31. The fourth-order valence-electron chi connectivity index (χ4n) is 9.09. The van der Waals surface area contributed by atoms with Crippen LogP contribution >= 0.6 is 11.3 Å². The maximum atomic E-state index is 5.17. The molecule has 0 amide bonds. The van der Waals surface area contributed by atoms with E-state index in [2.05, 4.69) is 218 Å². The van der Waals surface area contributed by atoms with E-state index in [9.17, 15) is 0 Å². The lowest BCUT2D eigenvalue weighted by Crippen LogP contribution is -2.01. The summed E-state index contributed by atoms with van der Waals surface area (Å²) >= 11 is 1.86. The molecule has 12 rings (SSSR count). The standard InChI is InChI=1S/C61H39N3S/c1-3-13-40(14-4-1)41-25-31-46(32-26-41)59-62-60(64-61(63-59)56-21-10-7-17-49(56)43-15-5-2-6-16-43)47-33-29-45(30-34-47)51-38-37-50(52-18-8-9-19-53(51)52)44-27-23-42(24-28-44)48-35-36-55-54-20-11-12-22-57(54)65-58(55)39-48/h1-39H. The summed E-state index contributed by atoms with van der Waals surface area (Å²) in [6.45, 7) is 0. The summed E-state index contributed by atoms with van der Waals surface area (Å²) in [6, 6.07) is 84.1. The number of hydrogen-bond donors (Lipinski definition) is 0. The van der Waals surface area contributed by atoms with E-state index >= 15 is 0 Å². The van der Waals surface area contributed by atoms with Crippen molar-refractivity contribution in [3.63, 3.8) is 0 Å². The Balaban J connectivity index is 0.887. The summed E-state index contributed by atoms with van der Waals surface area (Å²) in [4.78, 5) is 15.4. The maximum Gasteiger partial charge on any atom is 0.164 e. The monoisotopic (exact) mass is 845 g/mol. The largest absolute Gasteiger partial charge is 0.208 e. The maximum absolute atomic E-state index is 5.17. The van der Waals surface area contributed by atoms with Crippen molar-refractivity contribution in [2.45, 2.75) is 0 Å². The Bertz CT molecular complexity index is 3670. The zero-order valence-electron chi connectivity index (χ0n) is 35.3. The van der Waals surface area contributed by atoms with Gasteiger partial charge in [-0.15, -0.1) is 11.3 Å². The molecule has 0 saturated carbocycles. The van der Waals surface area contributed by atoms with Gasteiger partial charge < -0.3 is 0 Å². The average Bonchev–Trinajstić information content (AvgIpc) is 3.77. The van der Waals surface area contributed by atoms with Crippen molar-refractivity contribution in [3.05, 3.63) is 237 Å². The van der Waals surface area contributed by atoms with Crippen LogP contribution in [0.2, 0.25) is 0 Å². The normalized spacial score (nSPS) is 11.4. The number of benzene rings is 10. The van der Waals surface area contributed by atoms with E-state index in [4.69, 9.17) is 15.0 Å². The summed E-state index contributed by atoms with van der Waals surface area (Å²) in [5.41, 5.74) is 14.5. The fourth-order valence-corrected chi connectivity index (χ4v) is 10.2. The molecule has 304 valence electrons. The predicted molar refractivity (Wildman–Crippen MR) is 274 cm³/mol. The van der Waals surface area contributed by atoms with Gasteiger partial charge in [0.2, 0.25) is 0 Å². The van der Waals surface area contributed by atoms with Gasteiger partial charge >= 0.3 is 0 Å². The zero-order valence-corrected chi connectivity index (χ0v) is 36.1. The van der Waals surface area contributed by atoms with Gasteiger partial charge in [0.1, 0.15) is 0 Å². The van der Waals surface area contributed by atoms with Gasteiger partial charge in [-0.1, -0.05) is 224 Å². The molecule has 0 saturated heterocycles. The van der Waals surface area contributed by atoms with Gasteiger partial charge in [0, 0.05) is 36.9 Å². The molecule has 2 heterocycles. The molecule has 0 aliphatic heterocycles. The topological polar surface area (TPSA) is 38.7 Å². The molecule has 2 aromatic heterocycles. The lowest BCUT2D eigenvalue weighted by atomic mass is 9.91. The minimum atomic E-state index is 0.624. The molecule has 3 nitrogen and oxygen atoms in total. The number of hydrogen-bond acceptors (Lipinski definition) is 4. The summed E-state index contributed by atoms with van der Waals surface area (Å²) in [6.07, 6.45) is 0. The second kappa shape index (κ2) is 16.4. The highest BCUT2D eigenvalue weighted by molar-refractivity contribution is 7.25. The lowest BCUT2D eigenvalue weighted by Gasteiger charge is -2.14. The van der Waals surface area contributed by atoms with Crippen molar-refractivity contribution in [1.82, 2.24) is 15.0 Å². The van der Waals surface area contributed by atoms with Gasteiger partial charge in [0.25, 0.3) is 0 Å². The third-order valence-corrected chi connectivity index (χ3v) is 13.6. The number of thiophene rings is 1. The first kappa shape index (κ1) is 38.4. The molecule has 0 radical (unpaired) electrons. The molecule has 12 aromatic rings. The Morgan fingerprint density at radius 3 is 1.20 bits per heavy atom. The fraction of sp³-hybridized carbons (Fsp3) is 0. The van der Waals surface area contributed by atoms with E-state index in [1.165, 1.54) is 64.3 Å². The number of aromatic nitrogens is 3. The summed E-state index contributed by atoms with van der Waals surface area (Å²) in [7, 11) is 0. The van der Waals surface area contributed by atoms with E-state index in [0.717, 1.165) is 38.9 Å². The van der Waals surface area contributed by atoms with Crippen molar-refractivity contribution in [2.75, 3.05) is 0 Å². The second-order valence-corrected chi connectivity index (χ2v) is 17.4. The third kappa shape index (κ3) is 7.26. The van der Waals surface area contributed by atoms with Crippen molar-refractivity contribution >= 4 is 42.3 Å². The Morgan fingerprint density at radius 2 is 0.600 bits per heavy atom. The summed E-state index contributed by atoms with van der Waals surface area (Å²) < 4.78 is 2.65. The molecular formula is C61H39N3S. The average molecular weight is 846 g/mol. The first-order chi connectivity index (χ1) is 32.2. The van der Waals surface area contributed by atoms with Crippen LogP contribution in [0.15, 0.2) is 237 Å². The van der Waals surface area contributed by atoms with E-state index in [1.54, 1.807) is 0 Å². The van der Waals surface area contributed by atoms with Crippen LogP contribution in [0.4, 0.5) is 0 Å². The smallest absolute Gasteiger partial charge is 0.164 e. The SMILES string of the molecule is c1ccc(-c2ccc(-c3nc(-c4ccc(-c5ccc(-c6ccc(-c7ccc8c(c7)sc7ccccc78)cc6)c6ccccc56)cc4)nc(-c4ccccc4-c4ccccc4)n3)cc2)cc1. The van der Waals surface area contributed by atoms with Gasteiger partial charge in [0.15, 0.2) is 17.5 Å². The van der Waals surface area contributed by atoms with Gasteiger partial charge in [-0.05, 0) is 78.5 Å². The van der Waals surface area contributed by atoms with Crippen molar-refractivity contribution in [3.8, 4) is 89.8 Å². The highest BCUT2D eigenvalue weighted by Crippen LogP contribution is 2.40. The molecule has 10 aromatic carbocycles. The molecule has 0 aliphatic carbocycles. The highest BCUT2D eigenvalue weighted by atomic mass is 32.1. The van der Waals surface area contributed by atoms with Crippen LogP contribution in [0.3, 0.4) is 0 Å². The van der Waals surface area contributed by atoms with Gasteiger partial charge in [-0.3, -0.25) is 0 Å². The van der Waals surface area contributed by atoms with Crippen molar-refractivity contribution < 1.29 is 0 Å². The van der Waals surface area contributed by atoms with Gasteiger partial charge in [0.05, 0.1) is 0 Å². The van der Waals surface area contributed by atoms with Gasteiger partial charge in [-0.25, -0.2) is 15.0 Å². The van der Waals surface area contributed by atoms with Crippen molar-refractivity contribution in [1.29, 1.82) is 0 Å². The van der Waals surface area contributed by atoms with E-state index in [0.29, 0.717) is 17.5 Å². The highest BCUT2D eigenvalue weighted by Gasteiger charge is 2.17. The number of nitrogens with zero attached hydrogens (tertiary/aromatic N) is 3. The Kier molecular flexibility index (Phi) is 9.70. The minimum Gasteiger partial charge on any atom is -0.208 e. The molecule has 0 atom stereocenters. The van der Waals surface area contributed by atoms with Crippen LogP contribution in [0.5, 0.6) is 0 Å². The Labute approximate surface area is 381 Å². The van der Waals surface area contributed by atoms with Crippen LogP contribution in [0.25, 0.3) is 121 Å². The van der Waals surface area contributed by atoms with Crippen LogP contribution < -0.4 is 0 Å². The quantitative estimate of drug-likeness (QED) is 0.153. The van der Waals surface area contributed by atoms with Crippen LogP contribution in [0, 0.1) is 0 Å². The van der Waals surface area contributed by atoms with E-state index in [1.807, 2.05) is 29.5 Å². The number of fused-ring (bicyclic) bond motifs is 4. The first-order valence-electron chi connectivity index (χ1n) is 21.9. The molecule has 0 N–H and O–H groups in total. The van der Waals surface area contributed by atoms with Gasteiger partial charge in [-0.2, -0.15) is 0 Å². The second-order valence-electron chi connectivity index (χ2n) is 16.3. The molecular weight excluding hydrogens is 807 g/mol. The summed E-state index contributed by atoms with van der Waals surface area (Å²) in [5.74, 6) is 1.88. The first-order valence-corrected chi connectivity index (χ1v) is 22.7. The molecule has 4 heteroatoms. The van der Waals surface area contributed by atoms with Crippen LogP contribution in [-0.2, 0) is 0 Å². The molecule has 65 heavy (non-hydrogen) atoms. The minimum absolute atomic E-state index is 0.624. The van der Waals surface area contributed by atoms with Crippen molar-refractivity contribution in [2.24, 2.45) is 0 Å². The van der Waals surface area contributed by atoms with Crippen LogP contribution in [0.1, 0.15) is 0 Å². The molecule has 0 unspecified atom stereocenters. The molecule has 0 bridgehead atoms. The molecule has 0 spiro atoms. The van der Waals surface area contributed by atoms with E-state index < -0.39 is 0 Å². The molecule has 0 aliphatic rings. The lowest BCUT2D eigenvalue weighted by molar-refractivity contribution is 1.07. The zero-order chi connectivity index (χ0) is 43.1.